The number of rotatable bonds is 6. The minimum absolute atomic E-state index is 0.0294. The Labute approximate surface area is 162 Å². The Hall–Kier alpha value is -4.63. The first kappa shape index (κ1) is 19.1. The summed E-state index contributed by atoms with van der Waals surface area (Å²) >= 11 is 0. The molecule has 0 aliphatic carbocycles. The summed E-state index contributed by atoms with van der Waals surface area (Å²) < 4.78 is 0. The summed E-state index contributed by atoms with van der Waals surface area (Å²) in [6.07, 6.45) is 0. The van der Waals surface area contributed by atoms with Gasteiger partial charge in [-0.05, 0) is 29.8 Å². The van der Waals surface area contributed by atoms with Crippen LogP contribution in [-0.2, 0) is 0 Å². The lowest BCUT2D eigenvalue weighted by Gasteiger charge is -2.08. The maximum atomic E-state index is 11.5. The highest BCUT2D eigenvalue weighted by molar-refractivity contribution is 5.89. The summed E-state index contributed by atoms with van der Waals surface area (Å²) in [6, 6.07) is 17.0. The molecule has 3 rings (SSSR count). The van der Waals surface area contributed by atoms with E-state index >= 15 is 0 Å². The van der Waals surface area contributed by atoms with Gasteiger partial charge >= 0.3 is 11.4 Å². The van der Waals surface area contributed by atoms with E-state index < -0.39 is 21.2 Å². The van der Waals surface area contributed by atoms with Crippen molar-refractivity contribution in [3.05, 3.63) is 97.4 Å². The molecule has 29 heavy (non-hydrogen) atoms. The minimum atomic E-state index is -0.842. The zero-order chi connectivity index (χ0) is 20.8. The van der Waals surface area contributed by atoms with Crippen LogP contribution >= 0.6 is 0 Å². The molecule has 142 valence electrons. The second kappa shape index (κ2) is 8.37. The summed E-state index contributed by atoms with van der Waals surface area (Å²) in [5, 5.41) is 34.5. The second-order valence-electron chi connectivity index (χ2n) is 5.59. The lowest BCUT2D eigenvalue weighted by molar-refractivity contribution is -0.422. The third-order valence-corrected chi connectivity index (χ3v) is 3.87. The van der Waals surface area contributed by atoms with E-state index in [9.17, 15) is 20.2 Å². The molecule has 0 bridgehead atoms. The van der Waals surface area contributed by atoms with Gasteiger partial charge in [-0.25, -0.2) is 0 Å². The van der Waals surface area contributed by atoms with Crippen molar-refractivity contribution in [2.24, 2.45) is 15.3 Å². The Kier molecular flexibility index (Phi) is 5.53. The third kappa shape index (κ3) is 4.04. The fourth-order valence-corrected chi connectivity index (χ4v) is 2.67. The van der Waals surface area contributed by atoms with Crippen LogP contribution in [-0.4, -0.2) is 9.85 Å². The molecule has 11 heteroatoms. The quantitative estimate of drug-likeness (QED) is 0.154. The van der Waals surface area contributed by atoms with Crippen molar-refractivity contribution in [3.63, 3.8) is 0 Å². The largest absolute Gasteiger partial charge is 0.353 e. The van der Waals surface area contributed by atoms with Gasteiger partial charge in [0, 0.05) is 16.5 Å². The van der Waals surface area contributed by atoms with E-state index in [2.05, 4.69) is 20.3 Å². The normalized spacial score (nSPS) is 10.5. The second-order valence-corrected chi connectivity index (χ2v) is 5.59. The van der Waals surface area contributed by atoms with Gasteiger partial charge in [0.25, 0.3) is 0 Å². The number of nitro benzene ring substituents is 2. The number of azo groups is 1. The van der Waals surface area contributed by atoms with Crippen LogP contribution in [0, 0.1) is 20.2 Å². The SMILES string of the molecule is [N-]=[N+]=Nc1c(N=Nc2ccccc2)cccc1-c1cccc([N+](=O)[O-])c1[N+](=O)[O-]. The van der Waals surface area contributed by atoms with E-state index in [1.54, 1.807) is 24.3 Å². The van der Waals surface area contributed by atoms with Crippen molar-refractivity contribution in [2.75, 3.05) is 0 Å². The molecule has 0 N–H and O–H groups in total. The van der Waals surface area contributed by atoms with Crippen LogP contribution in [0.25, 0.3) is 21.6 Å². The van der Waals surface area contributed by atoms with Gasteiger partial charge in [0.2, 0.25) is 0 Å². The highest BCUT2D eigenvalue weighted by Crippen LogP contribution is 2.45. The molecule has 0 unspecified atom stereocenters. The van der Waals surface area contributed by atoms with Crippen molar-refractivity contribution >= 4 is 28.4 Å². The van der Waals surface area contributed by atoms with Gasteiger partial charge in [0.15, 0.2) is 0 Å². The van der Waals surface area contributed by atoms with Crippen LogP contribution < -0.4 is 0 Å². The molecule has 0 aromatic heterocycles. The summed E-state index contributed by atoms with van der Waals surface area (Å²) in [4.78, 5) is 23.9. The molecule has 0 amide bonds. The van der Waals surface area contributed by atoms with Crippen molar-refractivity contribution in [1.29, 1.82) is 0 Å². The molecule has 3 aromatic rings. The first-order valence-corrected chi connectivity index (χ1v) is 8.10. The van der Waals surface area contributed by atoms with Crippen molar-refractivity contribution in [2.45, 2.75) is 0 Å². The minimum Gasteiger partial charge on any atom is -0.258 e. The maximum Gasteiger partial charge on any atom is 0.353 e. The number of para-hydroxylation sites is 1. The molecule has 0 aliphatic heterocycles. The van der Waals surface area contributed by atoms with E-state index in [4.69, 9.17) is 5.53 Å². The molecule has 0 spiro atoms. The van der Waals surface area contributed by atoms with Crippen LogP contribution in [0.3, 0.4) is 0 Å². The van der Waals surface area contributed by atoms with Gasteiger partial charge in [0.05, 0.1) is 32.5 Å². The van der Waals surface area contributed by atoms with Crippen LogP contribution in [0.5, 0.6) is 0 Å². The van der Waals surface area contributed by atoms with E-state index in [0.717, 1.165) is 6.07 Å². The Morgan fingerprint density at radius 2 is 1.48 bits per heavy atom. The first-order valence-electron chi connectivity index (χ1n) is 8.10. The highest BCUT2D eigenvalue weighted by Gasteiger charge is 2.30. The number of hydrogen-bond donors (Lipinski definition) is 0. The van der Waals surface area contributed by atoms with Crippen molar-refractivity contribution in [1.82, 2.24) is 0 Å². The smallest absolute Gasteiger partial charge is 0.258 e. The van der Waals surface area contributed by atoms with Gasteiger partial charge in [-0.2, -0.15) is 10.2 Å². The molecule has 0 atom stereocenters. The third-order valence-electron chi connectivity index (χ3n) is 3.87. The Morgan fingerprint density at radius 3 is 2.14 bits per heavy atom. The first-order chi connectivity index (χ1) is 14.0. The van der Waals surface area contributed by atoms with Gasteiger partial charge < -0.3 is 0 Å². The van der Waals surface area contributed by atoms with Gasteiger partial charge in [-0.3, -0.25) is 20.2 Å². The number of benzene rings is 3. The number of nitro groups is 2. The Balaban J connectivity index is 2.23. The summed E-state index contributed by atoms with van der Waals surface area (Å²) in [6.45, 7) is 0. The Bertz CT molecular complexity index is 1170. The van der Waals surface area contributed by atoms with E-state index in [-0.39, 0.29) is 22.5 Å². The lowest BCUT2D eigenvalue weighted by atomic mass is 10.00. The number of nitrogens with zero attached hydrogens (tertiary/aromatic N) is 7. The maximum absolute atomic E-state index is 11.5. The predicted molar refractivity (Wildman–Crippen MR) is 105 cm³/mol. The fourth-order valence-electron chi connectivity index (χ4n) is 2.67. The Morgan fingerprint density at radius 1 is 0.793 bits per heavy atom. The van der Waals surface area contributed by atoms with Crippen molar-refractivity contribution in [3.8, 4) is 11.1 Å². The summed E-state index contributed by atoms with van der Waals surface area (Å²) in [7, 11) is 0. The van der Waals surface area contributed by atoms with Gasteiger partial charge in [-0.15, -0.1) is 0 Å². The molecule has 11 nitrogen and oxygen atoms in total. The molecule has 0 fully saturated rings. The zero-order valence-electron chi connectivity index (χ0n) is 14.6. The van der Waals surface area contributed by atoms with Crippen LogP contribution in [0.2, 0.25) is 0 Å². The molecule has 3 aromatic carbocycles. The number of azide groups is 1. The average Bonchev–Trinajstić information content (AvgIpc) is 2.73. The van der Waals surface area contributed by atoms with Crippen LogP contribution in [0.1, 0.15) is 0 Å². The molecule has 0 aliphatic rings. The highest BCUT2D eigenvalue weighted by atomic mass is 16.6. The predicted octanol–water partition coefficient (Wildman–Crippen LogP) is 6.53. The molecular weight excluding hydrogens is 378 g/mol. The average molecular weight is 389 g/mol. The van der Waals surface area contributed by atoms with E-state index in [1.165, 1.54) is 30.3 Å². The summed E-state index contributed by atoms with van der Waals surface area (Å²) in [5.41, 5.74) is 8.33. The fraction of sp³-hybridized carbons (Fsp3) is 0. The molecular formula is C18H11N7O4. The molecule has 0 heterocycles. The molecule has 0 saturated heterocycles. The van der Waals surface area contributed by atoms with E-state index in [0.29, 0.717) is 5.69 Å². The summed E-state index contributed by atoms with van der Waals surface area (Å²) in [5.74, 6) is 0. The topological polar surface area (TPSA) is 160 Å². The number of hydrogen-bond acceptors (Lipinski definition) is 7. The molecule has 0 saturated carbocycles. The standard InChI is InChI=1S/C18H11N7O4/c19-23-22-17-13(14-9-5-11-16(24(26)27)18(14)25(28)29)8-4-10-15(17)21-20-12-6-2-1-3-7-12/h1-11H. The molecule has 0 radical (unpaired) electrons. The van der Waals surface area contributed by atoms with Gasteiger partial charge in [0.1, 0.15) is 0 Å². The lowest BCUT2D eigenvalue weighted by Crippen LogP contribution is -1.98. The van der Waals surface area contributed by atoms with Crippen molar-refractivity contribution < 1.29 is 9.85 Å². The van der Waals surface area contributed by atoms with Crippen LogP contribution in [0.4, 0.5) is 28.4 Å². The zero-order valence-corrected chi connectivity index (χ0v) is 14.6. The van der Waals surface area contributed by atoms with E-state index in [1.807, 2.05) is 6.07 Å². The van der Waals surface area contributed by atoms with Gasteiger partial charge in [-0.1, -0.05) is 41.5 Å². The monoisotopic (exact) mass is 389 g/mol. The van der Waals surface area contributed by atoms with Crippen LogP contribution in [0.15, 0.2) is 82.1 Å².